The lowest BCUT2D eigenvalue weighted by molar-refractivity contribution is -0.139. The van der Waals surface area contributed by atoms with E-state index in [0.29, 0.717) is 22.9 Å². The minimum absolute atomic E-state index is 0.198. The van der Waals surface area contributed by atoms with Gasteiger partial charge in [0.25, 0.3) is 0 Å². The lowest BCUT2D eigenvalue weighted by atomic mass is 9.98. The van der Waals surface area contributed by atoms with Crippen molar-refractivity contribution in [3.63, 3.8) is 0 Å². The van der Waals surface area contributed by atoms with E-state index in [1.165, 1.54) is 0 Å². The Morgan fingerprint density at radius 1 is 0.625 bits per heavy atom. The number of benzene rings is 4. The largest absolute Gasteiger partial charge is 0.495 e. The molecule has 0 aliphatic rings. The number of nitrogens with one attached hydrogen (secondary N) is 2. The van der Waals surface area contributed by atoms with Crippen LogP contribution in [0.25, 0.3) is 11.1 Å². The number of hydrogen-bond acceptors (Lipinski definition) is 6. The highest BCUT2D eigenvalue weighted by atomic mass is 16.5. The Morgan fingerprint density at radius 3 is 1.32 bits per heavy atom. The third-order valence-corrected chi connectivity index (χ3v) is 6.73. The average Bonchev–Trinajstić information content (AvgIpc) is 2.98. The zero-order valence-corrected chi connectivity index (χ0v) is 22.3. The molecule has 8 nitrogen and oxygen atoms in total. The Hall–Kier alpha value is -4.98. The van der Waals surface area contributed by atoms with Crippen molar-refractivity contribution in [1.29, 1.82) is 0 Å². The highest BCUT2D eigenvalue weighted by molar-refractivity contribution is 5.79. The van der Waals surface area contributed by atoms with Crippen LogP contribution in [-0.2, 0) is 9.59 Å². The maximum absolute atomic E-state index is 11.9. The maximum atomic E-state index is 11.9. The Kier molecular flexibility index (Phi) is 9.25. The molecule has 0 amide bonds. The molecule has 206 valence electrons. The van der Waals surface area contributed by atoms with Gasteiger partial charge in [-0.15, -0.1) is 0 Å². The lowest BCUT2D eigenvalue weighted by Crippen LogP contribution is -2.21. The minimum Gasteiger partial charge on any atom is -0.495 e. The number of anilines is 2. The zero-order valence-electron chi connectivity index (χ0n) is 22.3. The lowest BCUT2D eigenvalue weighted by Gasteiger charge is -2.18. The third kappa shape index (κ3) is 6.71. The van der Waals surface area contributed by atoms with Crippen molar-refractivity contribution in [2.24, 2.45) is 0 Å². The van der Waals surface area contributed by atoms with Gasteiger partial charge < -0.3 is 30.3 Å². The molecular formula is C32H32N2O6. The van der Waals surface area contributed by atoms with Gasteiger partial charge in [-0.2, -0.15) is 0 Å². The quantitative estimate of drug-likeness (QED) is 0.165. The molecule has 0 spiro atoms. The van der Waals surface area contributed by atoms with Gasteiger partial charge in [0.15, 0.2) is 0 Å². The number of methoxy groups -OCH3 is 2. The number of ether oxygens (including phenoxy) is 2. The molecule has 2 unspecified atom stereocenters. The predicted molar refractivity (Wildman–Crippen MR) is 156 cm³/mol. The summed E-state index contributed by atoms with van der Waals surface area (Å²) in [4.78, 5) is 23.7. The summed E-state index contributed by atoms with van der Waals surface area (Å²) >= 11 is 0. The molecule has 2 atom stereocenters. The minimum atomic E-state index is -0.909. The maximum Gasteiger partial charge on any atom is 0.312 e. The van der Waals surface area contributed by atoms with Crippen molar-refractivity contribution in [2.45, 2.75) is 11.8 Å². The predicted octanol–water partition coefficient (Wildman–Crippen LogP) is 5.93. The molecule has 0 radical (unpaired) electrons. The molecule has 4 N–H and O–H groups in total. The Morgan fingerprint density at radius 2 is 1.00 bits per heavy atom. The summed E-state index contributed by atoms with van der Waals surface area (Å²) < 4.78 is 11.2. The van der Waals surface area contributed by atoms with Gasteiger partial charge in [-0.1, -0.05) is 72.8 Å². The van der Waals surface area contributed by atoms with Gasteiger partial charge >= 0.3 is 11.9 Å². The molecule has 0 aliphatic carbocycles. The fraction of sp³-hybridized carbons (Fsp3) is 0.188. The number of carboxylic acids is 2. The van der Waals surface area contributed by atoms with Crippen molar-refractivity contribution in [1.82, 2.24) is 0 Å². The van der Waals surface area contributed by atoms with Gasteiger partial charge in [-0.05, 0) is 46.5 Å². The van der Waals surface area contributed by atoms with E-state index in [2.05, 4.69) is 10.6 Å². The van der Waals surface area contributed by atoms with Crippen LogP contribution in [0.5, 0.6) is 11.5 Å². The van der Waals surface area contributed by atoms with E-state index < -0.39 is 23.8 Å². The molecule has 0 heterocycles. The molecular weight excluding hydrogens is 508 g/mol. The first-order chi connectivity index (χ1) is 19.4. The summed E-state index contributed by atoms with van der Waals surface area (Å²) in [5, 5.41) is 25.9. The SMILES string of the molecule is COc1cc(-c2ccc(NCC(C(=O)O)c3ccccc3)c(OC)c2)ccc1NCC(C(=O)O)c1ccccc1. The van der Waals surface area contributed by atoms with Crippen molar-refractivity contribution in [3.8, 4) is 22.6 Å². The van der Waals surface area contributed by atoms with Crippen LogP contribution in [0.15, 0.2) is 97.1 Å². The van der Waals surface area contributed by atoms with E-state index in [1.807, 2.05) is 72.8 Å². The van der Waals surface area contributed by atoms with Crippen LogP contribution in [0.2, 0.25) is 0 Å². The smallest absolute Gasteiger partial charge is 0.312 e. The molecule has 4 aromatic rings. The van der Waals surface area contributed by atoms with Crippen LogP contribution >= 0.6 is 0 Å². The molecule has 0 aliphatic heterocycles. The van der Waals surface area contributed by atoms with Gasteiger partial charge in [0.2, 0.25) is 0 Å². The third-order valence-electron chi connectivity index (χ3n) is 6.73. The summed E-state index contributed by atoms with van der Waals surface area (Å²) in [7, 11) is 3.13. The second kappa shape index (κ2) is 13.2. The van der Waals surface area contributed by atoms with Crippen LogP contribution in [0.3, 0.4) is 0 Å². The van der Waals surface area contributed by atoms with E-state index in [9.17, 15) is 19.8 Å². The number of hydrogen-bond donors (Lipinski definition) is 4. The van der Waals surface area contributed by atoms with Crippen LogP contribution in [0.4, 0.5) is 11.4 Å². The zero-order chi connectivity index (χ0) is 28.5. The van der Waals surface area contributed by atoms with Crippen molar-refractivity contribution >= 4 is 23.3 Å². The van der Waals surface area contributed by atoms with Gasteiger partial charge in [0.1, 0.15) is 11.5 Å². The normalized spacial score (nSPS) is 12.2. The van der Waals surface area contributed by atoms with Gasteiger partial charge in [-0.3, -0.25) is 9.59 Å². The number of rotatable bonds is 13. The van der Waals surface area contributed by atoms with E-state index in [1.54, 1.807) is 38.5 Å². The number of carbonyl (C=O) groups is 2. The van der Waals surface area contributed by atoms with Crippen molar-refractivity contribution in [2.75, 3.05) is 37.9 Å². The molecule has 8 heteroatoms. The fourth-order valence-electron chi connectivity index (χ4n) is 4.52. The highest BCUT2D eigenvalue weighted by Crippen LogP contribution is 2.35. The van der Waals surface area contributed by atoms with E-state index in [0.717, 1.165) is 22.3 Å². The molecule has 4 rings (SSSR count). The first-order valence-corrected chi connectivity index (χ1v) is 12.8. The van der Waals surface area contributed by atoms with Crippen LogP contribution < -0.4 is 20.1 Å². The summed E-state index contributed by atoms with van der Waals surface area (Å²) in [5.41, 5.74) is 4.55. The molecule has 0 saturated carbocycles. The first kappa shape index (κ1) is 28.0. The summed E-state index contributed by atoms with van der Waals surface area (Å²) in [6, 6.07) is 29.5. The monoisotopic (exact) mass is 540 g/mol. The Labute approximate surface area is 233 Å². The van der Waals surface area contributed by atoms with Crippen LogP contribution in [-0.4, -0.2) is 49.5 Å². The summed E-state index contributed by atoms with van der Waals surface area (Å²) in [6.45, 7) is 0.396. The second-order valence-corrected chi connectivity index (χ2v) is 9.19. The Balaban J connectivity index is 1.50. The Bertz CT molecular complexity index is 1330. The number of aliphatic carboxylic acids is 2. The molecule has 40 heavy (non-hydrogen) atoms. The van der Waals surface area contributed by atoms with Crippen molar-refractivity contribution in [3.05, 3.63) is 108 Å². The van der Waals surface area contributed by atoms with E-state index >= 15 is 0 Å². The van der Waals surface area contributed by atoms with Gasteiger partial charge in [0, 0.05) is 13.1 Å². The molecule has 0 saturated heterocycles. The molecule has 4 aromatic carbocycles. The fourth-order valence-corrected chi connectivity index (χ4v) is 4.52. The van der Waals surface area contributed by atoms with Crippen LogP contribution in [0.1, 0.15) is 23.0 Å². The van der Waals surface area contributed by atoms with Crippen molar-refractivity contribution < 1.29 is 29.3 Å². The van der Waals surface area contributed by atoms with Gasteiger partial charge in [-0.25, -0.2) is 0 Å². The first-order valence-electron chi connectivity index (χ1n) is 12.8. The molecule has 0 bridgehead atoms. The highest BCUT2D eigenvalue weighted by Gasteiger charge is 2.21. The summed E-state index contributed by atoms with van der Waals surface area (Å²) in [6.07, 6.45) is 0. The van der Waals surface area contributed by atoms with E-state index in [-0.39, 0.29) is 13.1 Å². The number of carboxylic acid groups (broad SMARTS) is 2. The topological polar surface area (TPSA) is 117 Å². The van der Waals surface area contributed by atoms with E-state index in [4.69, 9.17) is 9.47 Å². The van der Waals surface area contributed by atoms with Gasteiger partial charge in [0.05, 0.1) is 37.4 Å². The standard InChI is InChI=1S/C32H32N2O6/c1-39-29-17-23(13-15-27(29)33-19-25(31(35)36)21-9-5-3-6-10-21)24-14-16-28(30(18-24)40-2)34-20-26(32(37)38)22-11-7-4-8-12-22/h3-18,25-26,33-34H,19-20H2,1-2H3,(H,35,36)(H,37,38). The second-order valence-electron chi connectivity index (χ2n) is 9.19. The molecule has 0 aromatic heterocycles. The van der Waals surface area contributed by atoms with Crippen LogP contribution in [0, 0.1) is 0 Å². The summed E-state index contributed by atoms with van der Waals surface area (Å²) in [5.74, 6) is -2.09. The molecule has 0 fully saturated rings. The average molecular weight is 541 g/mol.